The van der Waals surface area contributed by atoms with Crippen LogP contribution in [0, 0.1) is 12.8 Å². The second-order valence-electron chi connectivity index (χ2n) is 10.8. The van der Waals surface area contributed by atoms with Crippen LogP contribution in [0.1, 0.15) is 68.1 Å². The normalized spacial score (nSPS) is 20.5. The van der Waals surface area contributed by atoms with Crippen molar-refractivity contribution in [1.82, 2.24) is 14.9 Å². The lowest BCUT2D eigenvalue weighted by Crippen LogP contribution is -2.57. The minimum absolute atomic E-state index is 0.0782. The van der Waals surface area contributed by atoms with Crippen LogP contribution in [0.5, 0.6) is 0 Å². The highest BCUT2D eigenvalue weighted by atomic mass is 32.2. The van der Waals surface area contributed by atoms with Crippen molar-refractivity contribution < 1.29 is 26.4 Å². The molecule has 39 heavy (non-hydrogen) atoms. The SMILES string of the molecule is Cc1ccc(C[C@@H](NCC2CCCCC2)NC(=O)C2CCCCN2S(=O)(=O)c2cccc(C(F)(F)F)c2)cc1. The Morgan fingerprint density at radius 2 is 1.69 bits per heavy atom. The highest BCUT2D eigenvalue weighted by Crippen LogP contribution is 2.32. The summed E-state index contributed by atoms with van der Waals surface area (Å²) in [5.41, 5.74) is 1.14. The van der Waals surface area contributed by atoms with E-state index >= 15 is 0 Å². The Labute approximate surface area is 229 Å². The van der Waals surface area contributed by atoms with Crippen molar-refractivity contribution in [3.8, 4) is 0 Å². The lowest BCUT2D eigenvalue weighted by Gasteiger charge is -2.35. The smallest absolute Gasteiger partial charge is 0.339 e. The molecule has 0 bridgehead atoms. The summed E-state index contributed by atoms with van der Waals surface area (Å²) in [5, 5.41) is 6.55. The van der Waals surface area contributed by atoms with Crippen LogP contribution in [0.25, 0.3) is 0 Å². The summed E-state index contributed by atoms with van der Waals surface area (Å²) in [5.74, 6) is 0.0992. The molecule has 1 unspecified atom stereocenters. The van der Waals surface area contributed by atoms with Gasteiger partial charge in [-0.15, -0.1) is 0 Å². The zero-order valence-corrected chi connectivity index (χ0v) is 23.2. The largest absolute Gasteiger partial charge is 0.416 e. The summed E-state index contributed by atoms with van der Waals surface area (Å²) < 4.78 is 67.9. The van der Waals surface area contributed by atoms with Crippen molar-refractivity contribution >= 4 is 15.9 Å². The number of piperidine rings is 1. The maximum Gasteiger partial charge on any atom is 0.416 e. The van der Waals surface area contributed by atoms with Gasteiger partial charge in [0.25, 0.3) is 0 Å². The number of hydrogen-bond acceptors (Lipinski definition) is 4. The number of carbonyl (C=O) groups excluding carboxylic acids is 1. The van der Waals surface area contributed by atoms with E-state index in [9.17, 15) is 26.4 Å². The van der Waals surface area contributed by atoms with Crippen LogP contribution in [-0.2, 0) is 27.4 Å². The van der Waals surface area contributed by atoms with Gasteiger partial charge in [0.05, 0.1) is 16.6 Å². The van der Waals surface area contributed by atoms with Gasteiger partial charge in [-0.25, -0.2) is 8.42 Å². The Hall–Kier alpha value is -2.43. The molecule has 2 N–H and O–H groups in total. The molecule has 2 atom stereocenters. The van der Waals surface area contributed by atoms with Gasteiger partial charge in [0.15, 0.2) is 0 Å². The third-order valence-electron chi connectivity index (χ3n) is 7.78. The summed E-state index contributed by atoms with van der Waals surface area (Å²) in [6.45, 7) is 2.84. The first-order chi connectivity index (χ1) is 18.5. The number of carbonyl (C=O) groups is 1. The zero-order chi connectivity index (χ0) is 28.0. The maximum absolute atomic E-state index is 13.6. The van der Waals surface area contributed by atoms with E-state index < -0.39 is 44.8 Å². The standard InChI is InChI=1S/C29H38F3N3O3S/c1-21-13-15-22(16-14-21)18-27(33-20-23-8-3-2-4-9-23)34-28(36)26-12-5-6-17-35(26)39(37,38)25-11-7-10-24(19-25)29(30,31)32/h7,10-11,13-16,19,23,26-27,33H,2-6,8-9,12,17-18,20H2,1H3,(H,34,36)/t26?,27-/m0/s1. The molecule has 2 aromatic carbocycles. The van der Waals surface area contributed by atoms with Gasteiger partial charge >= 0.3 is 6.18 Å². The molecule has 1 saturated heterocycles. The van der Waals surface area contributed by atoms with Crippen LogP contribution >= 0.6 is 0 Å². The molecular formula is C29H38F3N3O3S. The quantitative estimate of drug-likeness (QED) is 0.399. The molecule has 2 aromatic rings. The lowest BCUT2D eigenvalue weighted by atomic mass is 9.89. The van der Waals surface area contributed by atoms with E-state index in [1.165, 1.54) is 19.3 Å². The van der Waals surface area contributed by atoms with Gasteiger partial charge in [-0.05, 0) is 68.8 Å². The predicted molar refractivity (Wildman–Crippen MR) is 144 cm³/mol. The molecule has 1 aliphatic carbocycles. The van der Waals surface area contributed by atoms with Gasteiger partial charge in [-0.1, -0.05) is 61.6 Å². The Kier molecular flexibility index (Phi) is 9.72. The number of benzene rings is 2. The van der Waals surface area contributed by atoms with Crippen molar-refractivity contribution in [3.63, 3.8) is 0 Å². The molecule has 1 aliphatic heterocycles. The number of alkyl halides is 3. The van der Waals surface area contributed by atoms with Gasteiger partial charge in [-0.2, -0.15) is 17.5 Å². The molecule has 4 rings (SSSR count). The second-order valence-corrected chi connectivity index (χ2v) is 12.7. The summed E-state index contributed by atoms with van der Waals surface area (Å²) in [4.78, 5) is 13.1. The van der Waals surface area contributed by atoms with Gasteiger partial charge < -0.3 is 5.32 Å². The van der Waals surface area contributed by atoms with Crippen LogP contribution in [0.4, 0.5) is 13.2 Å². The zero-order valence-electron chi connectivity index (χ0n) is 22.3. The van der Waals surface area contributed by atoms with E-state index in [0.717, 1.165) is 53.0 Å². The van der Waals surface area contributed by atoms with Crippen molar-refractivity contribution in [3.05, 3.63) is 65.2 Å². The van der Waals surface area contributed by atoms with E-state index in [4.69, 9.17) is 0 Å². The fourth-order valence-corrected chi connectivity index (χ4v) is 7.23. The molecule has 2 aliphatic rings. The average Bonchev–Trinajstić information content (AvgIpc) is 2.93. The Bertz CT molecular complexity index is 1210. The van der Waals surface area contributed by atoms with E-state index in [1.807, 2.05) is 31.2 Å². The van der Waals surface area contributed by atoms with Crippen LogP contribution in [0.3, 0.4) is 0 Å². The molecule has 0 spiro atoms. The summed E-state index contributed by atoms with van der Waals surface area (Å²) in [7, 11) is -4.32. The van der Waals surface area contributed by atoms with E-state index in [1.54, 1.807) is 0 Å². The van der Waals surface area contributed by atoms with Crippen molar-refractivity contribution in [2.45, 2.75) is 88.0 Å². The first-order valence-electron chi connectivity index (χ1n) is 13.8. The van der Waals surface area contributed by atoms with Crippen molar-refractivity contribution in [1.29, 1.82) is 0 Å². The molecule has 1 amide bonds. The highest BCUT2D eigenvalue weighted by Gasteiger charge is 2.39. The number of halogens is 3. The summed E-state index contributed by atoms with van der Waals surface area (Å²) in [6.07, 6.45) is 2.90. The average molecular weight is 566 g/mol. The molecule has 0 aromatic heterocycles. The van der Waals surface area contributed by atoms with Crippen LogP contribution < -0.4 is 10.6 Å². The molecule has 6 nitrogen and oxygen atoms in total. The number of aryl methyl sites for hydroxylation is 1. The Morgan fingerprint density at radius 1 is 1.00 bits per heavy atom. The van der Waals surface area contributed by atoms with Crippen molar-refractivity contribution in [2.24, 2.45) is 5.92 Å². The highest BCUT2D eigenvalue weighted by molar-refractivity contribution is 7.89. The fourth-order valence-electron chi connectivity index (χ4n) is 5.53. The third kappa shape index (κ3) is 7.83. The van der Waals surface area contributed by atoms with E-state index in [-0.39, 0.29) is 6.54 Å². The monoisotopic (exact) mass is 565 g/mol. The first-order valence-corrected chi connectivity index (χ1v) is 15.3. The number of nitrogens with one attached hydrogen (secondary N) is 2. The molecule has 1 saturated carbocycles. The number of hydrogen-bond donors (Lipinski definition) is 2. The molecule has 10 heteroatoms. The summed E-state index contributed by atoms with van der Waals surface area (Å²) in [6, 6.07) is 10.8. The molecule has 0 radical (unpaired) electrons. The number of rotatable bonds is 9. The van der Waals surface area contributed by atoms with Crippen molar-refractivity contribution in [2.75, 3.05) is 13.1 Å². The Balaban J connectivity index is 1.52. The molecule has 2 fully saturated rings. The Morgan fingerprint density at radius 3 is 2.38 bits per heavy atom. The van der Waals surface area contributed by atoms with Gasteiger partial charge in [-0.3, -0.25) is 10.1 Å². The number of amides is 1. The number of sulfonamides is 1. The van der Waals surface area contributed by atoms with Crippen LogP contribution in [-0.4, -0.2) is 43.9 Å². The molecule has 214 valence electrons. The third-order valence-corrected chi connectivity index (χ3v) is 9.68. The van der Waals surface area contributed by atoms with Gasteiger partial charge in [0.2, 0.25) is 15.9 Å². The van der Waals surface area contributed by atoms with Gasteiger partial charge in [0, 0.05) is 13.0 Å². The van der Waals surface area contributed by atoms with Crippen LogP contribution in [0.2, 0.25) is 0 Å². The first kappa shape index (κ1) is 29.6. The maximum atomic E-state index is 13.6. The van der Waals surface area contributed by atoms with Gasteiger partial charge in [0.1, 0.15) is 6.04 Å². The van der Waals surface area contributed by atoms with E-state index in [2.05, 4.69) is 10.6 Å². The minimum Gasteiger partial charge on any atom is -0.339 e. The van der Waals surface area contributed by atoms with Crippen LogP contribution in [0.15, 0.2) is 53.4 Å². The number of nitrogens with zero attached hydrogens (tertiary/aromatic N) is 1. The fraction of sp³-hybridized carbons (Fsp3) is 0.552. The minimum atomic E-state index is -4.67. The lowest BCUT2D eigenvalue weighted by molar-refractivity contribution is -0.137. The van der Waals surface area contributed by atoms with E-state index in [0.29, 0.717) is 37.7 Å². The predicted octanol–water partition coefficient (Wildman–Crippen LogP) is 5.41. The second kappa shape index (κ2) is 12.8. The summed E-state index contributed by atoms with van der Waals surface area (Å²) >= 11 is 0. The molecule has 1 heterocycles. The topological polar surface area (TPSA) is 78.5 Å². The molecular weight excluding hydrogens is 527 g/mol.